The molecule has 3 aromatic rings. The lowest BCUT2D eigenvalue weighted by Crippen LogP contribution is -2.43. The van der Waals surface area contributed by atoms with Crippen LogP contribution < -0.4 is 15.0 Å². The third-order valence-corrected chi connectivity index (χ3v) is 6.31. The third kappa shape index (κ3) is 5.55. The van der Waals surface area contributed by atoms with Crippen LogP contribution in [0.5, 0.6) is 5.75 Å². The number of benzene rings is 2. The average Bonchev–Trinajstić information content (AvgIpc) is 2.84. The van der Waals surface area contributed by atoms with Gasteiger partial charge in [-0.15, -0.1) is 0 Å². The van der Waals surface area contributed by atoms with Crippen molar-refractivity contribution in [2.24, 2.45) is 5.92 Å². The average molecular weight is 435 g/mol. The molecule has 1 fully saturated rings. The Kier molecular flexibility index (Phi) is 7.04. The zero-order valence-electron chi connectivity index (χ0n) is 17.5. The fourth-order valence-corrected chi connectivity index (χ4v) is 4.57. The summed E-state index contributed by atoms with van der Waals surface area (Å²) < 4.78 is 5.19. The fraction of sp³-hybridized carbons (Fsp3) is 0.292. The van der Waals surface area contributed by atoms with Crippen molar-refractivity contribution in [2.45, 2.75) is 29.3 Å². The highest BCUT2D eigenvalue weighted by molar-refractivity contribution is 7.99. The van der Waals surface area contributed by atoms with E-state index in [9.17, 15) is 4.79 Å². The fourth-order valence-electron chi connectivity index (χ4n) is 3.67. The molecule has 0 aliphatic carbocycles. The number of anilines is 1. The van der Waals surface area contributed by atoms with Crippen LogP contribution in [0.1, 0.15) is 18.4 Å². The number of aromatic nitrogens is 2. The molecule has 2 aromatic carbocycles. The molecular weight excluding hydrogens is 408 g/mol. The lowest BCUT2D eigenvalue weighted by atomic mass is 9.97. The van der Waals surface area contributed by atoms with Crippen molar-refractivity contribution in [2.75, 3.05) is 25.1 Å². The zero-order valence-corrected chi connectivity index (χ0v) is 18.3. The number of amides is 1. The minimum Gasteiger partial charge on any atom is -0.497 e. The molecule has 7 heteroatoms. The molecule has 0 unspecified atom stereocenters. The van der Waals surface area contributed by atoms with Crippen molar-refractivity contribution in [3.05, 3.63) is 72.6 Å². The molecule has 0 saturated carbocycles. The van der Waals surface area contributed by atoms with E-state index in [1.54, 1.807) is 31.3 Å². The Morgan fingerprint density at radius 2 is 1.90 bits per heavy atom. The number of hydrogen-bond donors (Lipinski definition) is 1. The van der Waals surface area contributed by atoms with Gasteiger partial charge in [0, 0.05) is 36.9 Å². The molecule has 1 amide bonds. The molecule has 31 heavy (non-hydrogen) atoms. The summed E-state index contributed by atoms with van der Waals surface area (Å²) in [4.78, 5) is 25.3. The Bertz CT molecular complexity index is 998. The lowest BCUT2D eigenvalue weighted by molar-refractivity contribution is -0.125. The van der Waals surface area contributed by atoms with Gasteiger partial charge in [0.25, 0.3) is 0 Å². The summed E-state index contributed by atoms with van der Waals surface area (Å²) in [6, 6.07) is 17.9. The first kappa shape index (κ1) is 21.2. The van der Waals surface area contributed by atoms with Gasteiger partial charge in [-0.3, -0.25) is 4.79 Å². The first-order valence-electron chi connectivity index (χ1n) is 10.4. The molecule has 1 aliphatic heterocycles. The molecule has 1 aliphatic rings. The van der Waals surface area contributed by atoms with E-state index in [4.69, 9.17) is 4.74 Å². The Labute approximate surface area is 187 Å². The van der Waals surface area contributed by atoms with Crippen LogP contribution in [0.25, 0.3) is 0 Å². The highest BCUT2D eigenvalue weighted by Gasteiger charge is 2.28. The van der Waals surface area contributed by atoms with E-state index in [-0.39, 0.29) is 11.8 Å². The second-order valence-corrected chi connectivity index (χ2v) is 8.51. The number of ether oxygens (including phenoxy) is 1. The minimum atomic E-state index is -0.0661. The maximum Gasteiger partial charge on any atom is 0.225 e. The first-order chi connectivity index (χ1) is 15.2. The molecule has 4 rings (SSSR count). The molecule has 1 aromatic heterocycles. The Balaban J connectivity index is 1.39. The number of piperidine rings is 1. The number of nitrogens with one attached hydrogen (secondary N) is 1. The molecule has 0 spiro atoms. The number of hydrogen-bond acceptors (Lipinski definition) is 6. The summed E-state index contributed by atoms with van der Waals surface area (Å²) in [7, 11) is 1.65. The largest absolute Gasteiger partial charge is 0.497 e. The Morgan fingerprint density at radius 1 is 1.13 bits per heavy atom. The molecule has 160 valence electrons. The Morgan fingerprint density at radius 3 is 2.68 bits per heavy atom. The van der Waals surface area contributed by atoms with E-state index in [2.05, 4.69) is 32.3 Å². The third-order valence-electron chi connectivity index (χ3n) is 5.32. The topological polar surface area (TPSA) is 67.3 Å². The predicted molar refractivity (Wildman–Crippen MR) is 122 cm³/mol. The van der Waals surface area contributed by atoms with Crippen LogP contribution in [0.2, 0.25) is 0 Å². The second-order valence-electron chi connectivity index (χ2n) is 7.45. The van der Waals surface area contributed by atoms with Gasteiger partial charge < -0.3 is 15.0 Å². The normalized spacial score (nSPS) is 16.0. The van der Waals surface area contributed by atoms with Gasteiger partial charge >= 0.3 is 0 Å². The van der Waals surface area contributed by atoms with Crippen LogP contribution in [0.3, 0.4) is 0 Å². The highest BCUT2D eigenvalue weighted by Crippen LogP contribution is 2.33. The first-order valence-corrected chi connectivity index (χ1v) is 11.2. The number of methoxy groups -OCH3 is 1. The highest BCUT2D eigenvalue weighted by atomic mass is 32.2. The van der Waals surface area contributed by atoms with Crippen LogP contribution in [0.4, 0.5) is 5.82 Å². The summed E-state index contributed by atoms with van der Waals surface area (Å²) in [5.41, 5.74) is 1.05. The Hall–Kier alpha value is -3.06. The smallest absolute Gasteiger partial charge is 0.225 e. The molecule has 1 N–H and O–H groups in total. The van der Waals surface area contributed by atoms with Gasteiger partial charge in [-0.2, -0.15) is 0 Å². The maximum atomic E-state index is 12.8. The van der Waals surface area contributed by atoms with E-state index in [1.165, 1.54) is 0 Å². The molecule has 6 nitrogen and oxygen atoms in total. The van der Waals surface area contributed by atoms with Gasteiger partial charge in [-0.05, 0) is 42.7 Å². The van der Waals surface area contributed by atoms with Crippen molar-refractivity contribution >= 4 is 23.5 Å². The van der Waals surface area contributed by atoms with Crippen molar-refractivity contribution in [1.29, 1.82) is 0 Å². The second kappa shape index (κ2) is 10.3. The number of rotatable bonds is 7. The summed E-state index contributed by atoms with van der Waals surface area (Å²) >= 11 is 1.60. The van der Waals surface area contributed by atoms with Gasteiger partial charge in [0.1, 0.15) is 10.8 Å². The SMILES string of the molecule is COc1ccc(CNC(=O)[C@@H]2CCCN(c3nccnc3Sc3ccccc3)C2)cc1. The van der Waals surface area contributed by atoms with Crippen molar-refractivity contribution in [3.8, 4) is 5.75 Å². The maximum absolute atomic E-state index is 12.8. The summed E-state index contributed by atoms with van der Waals surface area (Å²) in [5, 5.41) is 3.95. The molecule has 2 heterocycles. The van der Waals surface area contributed by atoms with Gasteiger partial charge in [0.05, 0.1) is 13.0 Å². The van der Waals surface area contributed by atoms with E-state index >= 15 is 0 Å². The molecule has 1 saturated heterocycles. The minimum absolute atomic E-state index is 0.0661. The quantitative estimate of drug-likeness (QED) is 0.602. The standard InChI is InChI=1S/C24H26N4O2S/c1-30-20-11-9-18(10-12-20)16-27-23(29)19-6-5-15-28(17-19)22-24(26-14-13-25-22)31-21-7-3-2-4-8-21/h2-4,7-14,19H,5-6,15-17H2,1H3,(H,27,29)/t19-/m1/s1. The van der Waals surface area contributed by atoms with E-state index in [1.807, 2.05) is 42.5 Å². The lowest BCUT2D eigenvalue weighted by Gasteiger charge is -2.33. The number of carbonyl (C=O) groups is 1. The number of nitrogens with zero attached hydrogens (tertiary/aromatic N) is 3. The van der Waals surface area contributed by atoms with Crippen molar-refractivity contribution in [1.82, 2.24) is 15.3 Å². The van der Waals surface area contributed by atoms with Crippen LogP contribution in [0.15, 0.2) is 76.9 Å². The summed E-state index contributed by atoms with van der Waals surface area (Å²) in [5.74, 6) is 1.68. The molecule has 1 atom stereocenters. The van der Waals surface area contributed by atoms with Gasteiger partial charge in [-0.25, -0.2) is 9.97 Å². The van der Waals surface area contributed by atoms with Gasteiger partial charge in [0.2, 0.25) is 5.91 Å². The molecular formula is C24H26N4O2S. The van der Waals surface area contributed by atoms with Crippen LogP contribution in [-0.2, 0) is 11.3 Å². The van der Waals surface area contributed by atoms with Gasteiger partial charge in [-0.1, -0.05) is 42.1 Å². The summed E-state index contributed by atoms with van der Waals surface area (Å²) in [6.07, 6.45) is 5.27. The zero-order chi connectivity index (χ0) is 21.5. The number of carbonyl (C=O) groups excluding carboxylic acids is 1. The van der Waals surface area contributed by atoms with Crippen molar-refractivity contribution < 1.29 is 9.53 Å². The van der Waals surface area contributed by atoms with Crippen LogP contribution in [0, 0.1) is 5.92 Å². The van der Waals surface area contributed by atoms with E-state index < -0.39 is 0 Å². The predicted octanol–water partition coefficient (Wildman–Crippen LogP) is 4.17. The van der Waals surface area contributed by atoms with Crippen LogP contribution >= 0.6 is 11.8 Å². The van der Waals surface area contributed by atoms with Gasteiger partial charge in [0.15, 0.2) is 5.82 Å². The van der Waals surface area contributed by atoms with Crippen molar-refractivity contribution in [3.63, 3.8) is 0 Å². The van der Waals surface area contributed by atoms with E-state index in [0.29, 0.717) is 13.1 Å². The monoisotopic (exact) mass is 434 g/mol. The molecule has 0 radical (unpaired) electrons. The van der Waals surface area contributed by atoms with Crippen LogP contribution in [-0.4, -0.2) is 36.1 Å². The molecule has 0 bridgehead atoms. The summed E-state index contributed by atoms with van der Waals surface area (Å²) in [6.45, 7) is 2.04. The van der Waals surface area contributed by atoms with E-state index in [0.717, 1.165) is 46.4 Å².